The van der Waals surface area contributed by atoms with Crippen molar-refractivity contribution in [2.45, 2.75) is 51.7 Å². The van der Waals surface area contributed by atoms with Gasteiger partial charge >= 0.3 is 0 Å². The minimum atomic E-state index is -1.18. The molecule has 1 fully saturated rings. The van der Waals surface area contributed by atoms with E-state index in [1.54, 1.807) is 17.0 Å². The molecule has 6 heteroatoms. The predicted octanol–water partition coefficient (Wildman–Crippen LogP) is 3.96. The van der Waals surface area contributed by atoms with E-state index >= 15 is 0 Å². The second-order valence-corrected chi connectivity index (χ2v) is 8.38. The lowest BCUT2D eigenvalue weighted by atomic mass is 9.87. The summed E-state index contributed by atoms with van der Waals surface area (Å²) in [6.45, 7) is 6.77. The van der Waals surface area contributed by atoms with Crippen LogP contribution in [-0.2, 0) is 20.7 Å². The fourth-order valence-corrected chi connectivity index (χ4v) is 3.98. The zero-order chi connectivity index (χ0) is 22.4. The highest BCUT2D eigenvalue weighted by Crippen LogP contribution is 2.31. The normalized spacial score (nSPS) is 18.8. The van der Waals surface area contributed by atoms with E-state index in [1.807, 2.05) is 45.0 Å². The topological polar surface area (TPSA) is 58.6 Å². The van der Waals surface area contributed by atoms with Crippen molar-refractivity contribution in [3.05, 3.63) is 59.9 Å². The minimum absolute atomic E-state index is 0.0411. The zero-order valence-corrected chi connectivity index (χ0v) is 18.5. The number of rotatable bonds is 7. The van der Waals surface area contributed by atoms with Gasteiger partial charge in [0.05, 0.1) is 13.2 Å². The summed E-state index contributed by atoms with van der Waals surface area (Å²) in [5.41, 5.74) is 1.52. The predicted molar refractivity (Wildman–Crippen MR) is 119 cm³/mol. The standard InChI is InChI=1S/C25H31FN2O3/c1-4-7-23(29)28-14-15-31-25(17-28,24(30)27-18(2)3)16-20-8-5-6-9-22(20)19-10-12-21(26)13-11-19/h5-6,8-13,18H,4,7,14-17H2,1-3H3,(H,27,30). The number of morpholine rings is 1. The van der Waals surface area contributed by atoms with Gasteiger partial charge in [0.2, 0.25) is 5.91 Å². The van der Waals surface area contributed by atoms with E-state index in [-0.39, 0.29) is 30.2 Å². The molecule has 1 aliphatic heterocycles. The molecule has 0 spiro atoms. The maximum absolute atomic E-state index is 13.4. The lowest BCUT2D eigenvalue weighted by Crippen LogP contribution is -2.62. The summed E-state index contributed by atoms with van der Waals surface area (Å²) in [7, 11) is 0. The largest absolute Gasteiger partial charge is 0.361 e. The van der Waals surface area contributed by atoms with E-state index < -0.39 is 5.60 Å². The average Bonchev–Trinajstić information content (AvgIpc) is 2.75. The Morgan fingerprint density at radius 1 is 1.16 bits per heavy atom. The van der Waals surface area contributed by atoms with Gasteiger partial charge in [0, 0.05) is 25.4 Å². The molecule has 31 heavy (non-hydrogen) atoms. The molecule has 5 nitrogen and oxygen atoms in total. The summed E-state index contributed by atoms with van der Waals surface area (Å²) in [5, 5.41) is 2.98. The van der Waals surface area contributed by atoms with E-state index in [0.29, 0.717) is 26.0 Å². The second kappa shape index (κ2) is 10.1. The smallest absolute Gasteiger partial charge is 0.254 e. The molecular weight excluding hydrogens is 395 g/mol. The first-order valence-corrected chi connectivity index (χ1v) is 10.9. The van der Waals surface area contributed by atoms with Crippen molar-refractivity contribution < 1.29 is 18.7 Å². The van der Waals surface area contributed by atoms with Crippen LogP contribution in [0.4, 0.5) is 4.39 Å². The Balaban J connectivity index is 1.97. The van der Waals surface area contributed by atoms with Crippen LogP contribution in [0.15, 0.2) is 48.5 Å². The summed E-state index contributed by atoms with van der Waals surface area (Å²) >= 11 is 0. The van der Waals surface area contributed by atoms with Crippen molar-refractivity contribution in [2.75, 3.05) is 19.7 Å². The number of hydrogen-bond acceptors (Lipinski definition) is 3. The molecule has 2 aromatic rings. The Morgan fingerprint density at radius 3 is 2.55 bits per heavy atom. The van der Waals surface area contributed by atoms with Crippen molar-refractivity contribution in [3.8, 4) is 11.1 Å². The van der Waals surface area contributed by atoms with Crippen LogP contribution in [0, 0.1) is 5.82 Å². The van der Waals surface area contributed by atoms with Crippen molar-refractivity contribution in [3.63, 3.8) is 0 Å². The van der Waals surface area contributed by atoms with Crippen molar-refractivity contribution in [2.24, 2.45) is 0 Å². The van der Waals surface area contributed by atoms with Crippen molar-refractivity contribution in [1.29, 1.82) is 0 Å². The molecule has 0 aliphatic carbocycles. The summed E-state index contributed by atoms with van der Waals surface area (Å²) in [6.07, 6.45) is 1.53. The fourth-order valence-electron chi connectivity index (χ4n) is 3.98. The Labute approximate surface area is 183 Å². The number of nitrogens with one attached hydrogen (secondary N) is 1. The van der Waals surface area contributed by atoms with E-state index in [1.165, 1.54) is 12.1 Å². The third kappa shape index (κ3) is 5.50. The van der Waals surface area contributed by atoms with Gasteiger partial charge in [-0.25, -0.2) is 4.39 Å². The number of carbonyl (C=O) groups excluding carboxylic acids is 2. The van der Waals surface area contributed by atoms with Crippen LogP contribution in [0.5, 0.6) is 0 Å². The van der Waals surface area contributed by atoms with Crippen LogP contribution in [0.2, 0.25) is 0 Å². The highest BCUT2D eigenvalue weighted by molar-refractivity contribution is 5.88. The molecular formula is C25H31FN2O3. The van der Waals surface area contributed by atoms with Gasteiger partial charge in [-0.15, -0.1) is 0 Å². The number of amides is 2. The highest BCUT2D eigenvalue weighted by Gasteiger charge is 2.45. The third-order valence-corrected chi connectivity index (χ3v) is 5.48. The molecule has 1 unspecified atom stereocenters. The summed E-state index contributed by atoms with van der Waals surface area (Å²) in [5.74, 6) is -0.473. The second-order valence-electron chi connectivity index (χ2n) is 8.38. The van der Waals surface area contributed by atoms with Crippen molar-refractivity contribution in [1.82, 2.24) is 10.2 Å². The molecule has 2 aromatic carbocycles. The molecule has 1 atom stereocenters. The van der Waals surface area contributed by atoms with Gasteiger partial charge in [-0.3, -0.25) is 9.59 Å². The first-order chi connectivity index (χ1) is 14.8. The van der Waals surface area contributed by atoms with Gasteiger partial charge in [-0.05, 0) is 49.1 Å². The van der Waals surface area contributed by atoms with Gasteiger partial charge in [-0.1, -0.05) is 43.3 Å². The fraction of sp³-hybridized carbons (Fsp3) is 0.440. The monoisotopic (exact) mass is 426 g/mol. The average molecular weight is 427 g/mol. The van der Waals surface area contributed by atoms with Crippen LogP contribution < -0.4 is 5.32 Å². The molecule has 3 rings (SSSR count). The maximum atomic E-state index is 13.4. The third-order valence-electron chi connectivity index (χ3n) is 5.48. The van der Waals surface area contributed by atoms with Gasteiger partial charge in [0.15, 0.2) is 5.60 Å². The van der Waals surface area contributed by atoms with Crippen molar-refractivity contribution >= 4 is 11.8 Å². The summed E-state index contributed by atoms with van der Waals surface area (Å²) < 4.78 is 19.6. The first kappa shape index (κ1) is 22.9. The molecule has 166 valence electrons. The van der Waals surface area contributed by atoms with E-state index in [2.05, 4.69) is 5.32 Å². The lowest BCUT2D eigenvalue weighted by molar-refractivity contribution is -0.166. The van der Waals surface area contributed by atoms with Crippen LogP contribution in [0.3, 0.4) is 0 Å². The van der Waals surface area contributed by atoms with E-state index in [4.69, 9.17) is 4.74 Å². The number of ether oxygens (including phenoxy) is 1. The van der Waals surface area contributed by atoms with Gasteiger partial charge in [0.25, 0.3) is 5.91 Å². The zero-order valence-electron chi connectivity index (χ0n) is 18.5. The van der Waals surface area contributed by atoms with Gasteiger partial charge < -0.3 is 15.0 Å². The number of nitrogens with zero attached hydrogens (tertiary/aromatic N) is 1. The van der Waals surface area contributed by atoms with Crippen LogP contribution in [0.1, 0.15) is 39.2 Å². The quantitative estimate of drug-likeness (QED) is 0.729. The minimum Gasteiger partial charge on any atom is -0.361 e. The van der Waals surface area contributed by atoms with Crippen LogP contribution in [0.25, 0.3) is 11.1 Å². The number of carbonyl (C=O) groups is 2. The van der Waals surface area contributed by atoms with E-state index in [9.17, 15) is 14.0 Å². The van der Waals surface area contributed by atoms with Crippen LogP contribution >= 0.6 is 0 Å². The Morgan fingerprint density at radius 2 is 1.87 bits per heavy atom. The number of benzene rings is 2. The number of hydrogen-bond donors (Lipinski definition) is 1. The molecule has 1 saturated heterocycles. The Bertz CT molecular complexity index is 913. The van der Waals surface area contributed by atoms with E-state index in [0.717, 1.165) is 23.1 Å². The Hall–Kier alpha value is -2.73. The highest BCUT2D eigenvalue weighted by atomic mass is 19.1. The molecule has 0 aromatic heterocycles. The maximum Gasteiger partial charge on any atom is 0.254 e. The van der Waals surface area contributed by atoms with Gasteiger partial charge in [0.1, 0.15) is 5.82 Å². The molecule has 1 N–H and O–H groups in total. The molecule has 0 saturated carbocycles. The van der Waals surface area contributed by atoms with Gasteiger partial charge in [-0.2, -0.15) is 0 Å². The molecule has 0 bridgehead atoms. The SMILES string of the molecule is CCCC(=O)N1CCOC(Cc2ccccc2-c2ccc(F)cc2)(C(=O)NC(C)C)C1. The molecule has 2 amide bonds. The summed E-state index contributed by atoms with van der Waals surface area (Å²) in [6, 6.07) is 14.0. The molecule has 0 radical (unpaired) electrons. The first-order valence-electron chi connectivity index (χ1n) is 10.9. The molecule has 1 heterocycles. The number of halogens is 1. The summed E-state index contributed by atoms with van der Waals surface area (Å²) in [4.78, 5) is 27.7. The Kier molecular flexibility index (Phi) is 7.44. The lowest BCUT2D eigenvalue weighted by Gasteiger charge is -2.42. The van der Waals surface area contributed by atoms with Crippen LogP contribution in [-0.4, -0.2) is 48.1 Å². The molecule has 1 aliphatic rings.